The molecule has 0 saturated heterocycles. The summed E-state index contributed by atoms with van der Waals surface area (Å²) in [5, 5.41) is 3.91. The summed E-state index contributed by atoms with van der Waals surface area (Å²) < 4.78 is 0. The van der Waals surface area contributed by atoms with Gasteiger partial charge in [-0.05, 0) is 160 Å². The monoisotopic (exact) mass is 582 g/mol. The minimum absolute atomic E-state index is 0.0432. The molecule has 0 aliphatic heterocycles. The van der Waals surface area contributed by atoms with Gasteiger partial charge < -0.3 is 0 Å². The highest BCUT2D eigenvalue weighted by molar-refractivity contribution is 7.73. The fourth-order valence-electron chi connectivity index (χ4n) is 9.61. The van der Waals surface area contributed by atoms with Gasteiger partial charge in [-0.25, -0.2) is 0 Å². The molecule has 4 fully saturated rings. The lowest BCUT2D eigenvalue weighted by Crippen LogP contribution is -2.38. The standard InChI is InChI=1S/C38H64P2/c1-5-29-13-21-33(22-14-29)39(34-23-15-30(6-2)16-24-34)37-11-9-10-12-38(37)40(35-25-17-31(7-3)18-26-35)36-27-19-32(8-4)20-28-36/h9-12,29-36H,5-8,13-28H2,1-4H3. The lowest BCUT2D eigenvalue weighted by atomic mass is 9.87. The summed E-state index contributed by atoms with van der Waals surface area (Å²) in [5.74, 6) is 4.05. The minimum atomic E-state index is -0.0432. The normalized spacial score (nSPS) is 37.1. The highest BCUT2D eigenvalue weighted by atomic mass is 31.1. The predicted octanol–water partition coefficient (Wildman–Crippen LogP) is 11.8. The van der Waals surface area contributed by atoms with Crippen molar-refractivity contribution in [2.75, 3.05) is 0 Å². The van der Waals surface area contributed by atoms with Crippen LogP contribution < -0.4 is 10.6 Å². The van der Waals surface area contributed by atoms with Crippen LogP contribution in [0.3, 0.4) is 0 Å². The number of hydrogen-bond acceptors (Lipinski definition) is 0. The van der Waals surface area contributed by atoms with Crippen molar-refractivity contribution in [3.8, 4) is 0 Å². The summed E-state index contributed by atoms with van der Waals surface area (Å²) in [6, 6.07) is 10.4. The van der Waals surface area contributed by atoms with Crippen LogP contribution in [0.4, 0.5) is 0 Å². The number of hydrogen-bond donors (Lipinski definition) is 0. The van der Waals surface area contributed by atoms with E-state index < -0.39 is 0 Å². The molecule has 40 heavy (non-hydrogen) atoms. The van der Waals surface area contributed by atoms with Gasteiger partial charge in [0, 0.05) is 0 Å². The molecule has 0 heterocycles. The van der Waals surface area contributed by atoms with Crippen LogP contribution in [0.25, 0.3) is 0 Å². The first-order valence-corrected chi connectivity index (χ1v) is 21.3. The molecular weight excluding hydrogens is 518 g/mol. The summed E-state index contributed by atoms with van der Waals surface area (Å²) in [5.41, 5.74) is 4.02. The summed E-state index contributed by atoms with van der Waals surface area (Å²) in [7, 11) is -0.0863. The summed E-state index contributed by atoms with van der Waals surface area (Å²) in [6.07, 6.45) is 30.1. The van der Waals surface area contributed by atoms with Gasteiger partial charge in [-0.3, -0.25) is 0 Å². The average Bonchev–Trinajstić information content (AvgIpc) is 3.03. The van der Waals surface area contributed by atoms with E-state index in [1.807, 2.05) is 10.6 Å². The Balaban J connectivity index is 1.48. The molecule has 1 aromatic carbocycles. The third-order valence-electron chi connectivity index (χ3n) is 12.6. The lowest BCUT2D eigenvalue weighted by Gasteiger charge is -2.45. The molecule has 0 spiro atoms. The van der Waals surface area contributed by atoms with Gasteiger partial charge in [-0.1, -0.05) is 93.5 Å². The van der Waals surface area contributed by atoms with Crippen LogP contribution in [-0.2, 0) is 0 Å². The molecule has 0 N–H and O–H groups in total. The van der Waals surface area contributed by atoms with Crippen LogP contribution in [-0.4, -0.2) is 22.6 Å². The van der Waals surface area contributed by atoms with E-state index in [4.69, 9.17) is 0 Å². The zero-order valence-electron chi connectivity index (χ0n) is 27.0. The lowest BCUT2D eigenvalue weighted by molar-refractivity contribution is 0.341. The first kappa shape index (κ1) is 31.5. The Kier molecular flexibility index (Phi) is 12.4. The topological polar surface area (TPSA) is 0 Å². The molecule has 5 rings (SSSR count). The Morgan fingerprint density at radius 2 is 0.625 bits per heavy atom. The van der Waals surface area contributed by atoms with E-state index in [1.165, 1.54) is 128 Å². The van der Waals surface area contributed by atoms with Crippen LogP contribution in [0.15, 0.2) is 24.3 Å². The van der Waals surface area contributed by atoms with Crippen molar-refractivity contribution in [1.29, 1.82) is 0 Å². The molecule has 0 amide bonds. The van der Waals surface area contributed by atoms with E-state index in [2.05, 4.69) is 52.0 Å². The van der Waals surface area contributed by atoms with Crippen molar-refractivity contribution in [3.05, 3.63) is 24.3 Å². The van der Waals surface area contributed by atoms with Crippen LogP contribution in [0, 0.1) is 23.7 Å². The maximum Gasteiger partial charge on any atom is -0.0158 e. The van der Waals surface area contributed by atoms with Crippen LogP contribution in [0.2, 0.25) is 0 Å². The molecule has 0 bridgehead atoms. The van der Waals surface area contributed by atoms with Gasteiger partial charge in [0.05, 0.1) is 0 Å². The number of rotatable bonds is 10. The van der Waals surface area contributed by atoms with Gasteiger partial charge in [-0.2, -0.15) is 0 Å². The van der Waals surface area contributed by atoms with Crippen LogP contribution in [0.5, 0.6) is 0 Å². The molecule has 4 saturated carbocycles. The van der Waals surface area contributed by atoms with E-state index in [-0.39, 0.29) is 15.8 Å². The molecule has 226 valence electrons. The zero-order chi connectivity index (χ0) is 27.9. The molecule has 1 aromatic rings. The first-order valence-electron chi connectivity index (χ1n) is 18.3. The van der Waals surface area contributed by atoms with Gasteiger partial charge in [0.15, 0.2) is 0 Å². The van der Waals surface area contributed by atoms with Crippen LogP contribution >= 0.6 is 15.8 Å². The van der Waals surface area contributed by atoms with E-state index in [0.717, 1.165) is 46.3 Å². The Morgan fingerprint density at radius 1 is 0.400 bits per heavy atom. The van der Waals surface area contributed by atoms with Gasteiger partial charge in [-0.15, -0.1) is 0 Å². The van der Waals surface area contributed by atoms with Crippen molar-refractivity contribution >= 4 is 26.5 Å². The van der Waals surface area contributed by atoms with Gasteiger partial charge >= 0.3 is 0 Å². The SMILES string of the molecule is CCC1CCC(P(c2ccccc2P(C2CCC(CC)CC2)C2CCC(CC)CC2)C2CCC(CC)CC2)CC1. The van der Waals surface area contributed by atoms with Gasteiger partial charge in [0.25, 0.3) is 0 Å². The second kappa shape index (κ2) is 15.7. The third-order valence-corrected chi connectivity index (χ3v) is 19.9. The van der Waals surface area contributed by atoms with E-state index in [9.17, 15) is 0 Å². The maximum atomic E-state index is 2.73. The second-order valence-corrected chi connectivity index (χ2v) is 20.1. The second-order valence-electron chi connectivity index (χ2n) is 14.6. The Morgan fingerprint density at radius 3 is 0.825 bits per heavy atom. The summed E-state index contributed by atoms with van der Waals surface area (Å²) in [6.45, 7) is 9.79. The van der Waals surface area contributed by atoms with Crippen molar-refractivity contribution in [1.82, 2.24) is 0 Å². The Hall–Kier alpha value is 0.0800. The van der Waals surface area contributed by atoms with Gasteiger partial charge in [0.2, 0.25) is 0 Å². The average molecular weight is 583 g/mol. The summed E-state index contributed by atoms with van der Waals surface area (Å²) in [4.78, 5) is 0. The Bertz CT molecular complexity index is 729. The Labute approximate surface area is 252 Å². The van der Waals surface area contributed by atoms with E-state index in [1.54, 1.807) is 0 Å². The molecule has 0 radical (unpaired) electrons. The van der Waals surface area contributed by atoms with Crippen molar-refractivity contribution in [2.24, 2.45) is 23.7 Å². The fourth-order valence-corrected chi connectivity index (χ4v) is 17.7. The summed E-state index contributed by atoms with van der Waals surface area (Å²) >= 11 is 0. The molecule has 0 unspecified atom stereocenters. The van der Waals surface area contributed by atoms with E-state index in [0.29, 0.717) is 0 Å². The molecule has 0 atom stereocenters. The molecule has 4 aliphatic rings. The van der Waals surface area contributed by atoms with Crippen LogP contribution in [0.1, 0.15) is 156 Å². The highest BCUT2D eigenvalue weighted by Gasteiger charge is 2.40. The van der Waals surface area contributed by atoms with Crippen molar-refractivity contribution in [3.63, 3.8) is 0 Å². The fraction of sp³-hybridized carbons (Fsp3) is 0.842. The third kappa shape index (κ3) is 7.59. The van der Waals surface area contributed by atoms with Crippen molar-refractivity contribution in [2.45, 2.75) is 179 Å². The highest BCUT2D eigenvalue weighted by Crippen LogP contribution is 2.60. The molecular formula is C38H64P2. The zero-order valence-corrected chi connectivity index (χ0v) is 28.8. The largest absolute Gasteiger partial charge is 0.0683 e. The first-order chi connectivity index (χ1) is 19.6. The predicted molar refractivity (Wildman–Crippen MR) is 184 cm³/mol. The van der Waals surface area contributed by atoms with E-state index >= 15 is 0 Å². The number of benzene rings is 1. The maximum absolute atomic E-state index is 2.73. The molecule has 2 heteroatoms. The molecule has 0 aromatic heterocycles. The quantitative estimate of drug-likeness (QED) is 0.241. The van der Waals surface area contributed by atoms with Gasteiger partial charge in [0.1, 0.15) is 0 Å². The van der Waals surface area contributed by atoms with Crippen molar-refractivity contribution < 1.29 is 0 Å². The minimum Gasteiger partial charge on any atom is -0.0683 e. The molecule has 4 aliphatic carbocycles. The molecule has 0 nitrogen and oxygen atoms in total. The smallest absolute Gasteiger partial charge is 0.0158 e.